The third-order valence-corrected chi connectivity index (χ3v) is 3.54. The smallest absolute Gasteiger partial charge is 0.0750 e. The van der Waals surface area contributed by atoms with Crippen molar-refractivity contribution in [1.29, 1.82) is 0 Å². The molecule has 1 fully saturated rings. The van der Waals surface area contributed by atoms with Crippen LogP contribution in [0.25, 0.3) is 0 Å². The van der Waals surface area contributed by atoms with Crippen LogP contribution in [0, 0.1) is 5.92 Å². The molecule has 0 amide bonds. The molecule has 2 aliphatic rings. The predicted molar refractivity (Wildman–Crippen MR) is 49.9 cm³/mol. The van der Waals surface area contributed by atoms with Gasteiger partial charge in [-0.2, -0.15) is 0 Å². The molecule has 0 aromatic carbocycles. The lowest BCUT2D eigenvalue weighted by atomic mass is 9.74. The maximum atomic E-state index is 9.66. The summed E-state index contributed by atoms with van der Waals surface area (Å²) in [5.41, 5.74) is 2.89. The van der Waals surface area contributed by atoms with Crippen molar-refractivity contribution in [3.63, 3.8) is 0 Å². The number of rotatable bonds is 0. The summed E-state index contributed by atoms with van der Waals surface area (Å²) in [5.74, 6) is 0.835. The molecule has 1 N–H and O–H groups in total. The van der Waals surface area contributed by atoms with Crippen LogP contribution >= 0.6 is 0 Å². The second kappa shape index (κ2) is 3.21. The van der Waals surface area contributed by atoms with Crippen molar-refractivity contribution >= 4 is 0 Å². The Morgan fingerprint density at radius 2 is 2.00 bits per heavy atom. The van der Waals surface area contributed by atoms with Gasteiger partial charge in [-0.3, -0.25) is 0 Å². The fraction of sp³-hybridized carbons (Fsp3) is 0.818. The number of allylic oxidation sites excluding steroid dienone is 1. The van der Waals surface area contributed by atoms with Crippen LogP contribution in [0.15, 0.2) is 11.1 Å². The van der Waals surface area contributed by atoms with E-state index in [2.05, 4.69) is 6.92 Å². The van der Waals surface area contributed by atoms with Gasteiger partial charge in [0.25, 0.3) is 0 Å². The fourth-order valence-electron chi connectivity index (χ4n) is 2.71. The van der Waals surface area contributed by atoms with E-state index in [4.69, 9.17) is 0 Å². The summed E-state index contributed by atoms with van der Waals surface area (Å²) in [4.78, 5) is 0. The minimum absolute atomic E-state index is 0.116. The van der Waals surface area contributed by atoms with E-state index in [1.54, 1.807) is 5.57 Å². The maximum Gasteiger partial charge on any atom is 0.0750 e. The van der Waals surface area contributed by atoms with E-state index < -0.39 is 0 Å². The van der Waals surface area contributed by atoms with Crippen LogP contribution in [0.5, 0.6) is 0 Å². The lowest BCUT2D eigenvalue weighted by molar-refractivity contribution is 0.170. The zero-order valence-electron chi connectivity index (χ0n) is 7.84. The number of aliphatic hydroxyl groups is 1. The Balaban J connectivity index is 2.23. The molecule has 0 spiro atoms. The minimum Gasteiger partial charge on any atom is -0.389 e. The standard InChI is InChI=1S/C11H18O/c1-8-10-5-3-2-4-9(10)6-7-11(8)12/h9,11-12H,2-7H2,1H3. The molecular formula is C11H18O. The fourth-order valence-corrected chi connectivity index (χ4v) is 2.71. The molecule has 0 heterocycles. The van der Waals surface area contributed by atoms with Crippen molar-refractivity contribution in [2.24, 2.45) is 5.92 Å². The average Bonchev–Trinajstić information content (AvgIpc) is 2.12. The van der Waals surface area contributed by atoms with E-state index in [0.29, 0.717) is 0 Å². The summed E-state index contributed by atoms with van der Waals surface area (Å²) < 4.78 is 0. The summed E-state index contributed by atoms with van der Waals surface area (Å²) in [6.45, 7) is 2.12. The van der Waals surface area contributed by atoms with Crippen LogP contribution in [0.3, 0.4) is 0 Å². The van der Waals surface area contributed by atoms with Gasteiger partial charge in [-0.1, -0.05) is 12.0 Å². The summed E-state index contributed by atoms with van der Waals surface area (Å²) in [7, 11) is 0. The Hall–Kier alpha value is -0.300. The first-order valence-corrected chi connectivity index (χ1v) is 5.16. The van der Waals surface area contributed by atoms with E-state index >= 15 is 0 Å². The van der Waals surface area contributed by atoms with Crippen LogP contribution in [-0.4, -0.2) is 11.2 Å². The van der Waals surface area contributed by atoms with Crippen molar-refractivity contribution < 1.29 is 5.11 Å². The first-order valence-electron chi connectivity index (χ1n) is 5.16. The number of fused-ring (bicyclic) bond motifs is 1. The SMILES string of the molecule is CC1=C2CCCCC2CCC1O. The second-order valence-corrected chi connectivity index (χ2v) is 4.24. The van der Waals surface area contributed by atoms with Crippen LogP contribution < -0.4 is 0 Å². The molecule has 68 valence electrons. The van der Waals surface area contributed by atoms with Gasteiger partial charge in [0.2, 0.25) is 0 Å². The van der Waals surface area contributed by atoms with Crippen LogP contribution in [-0.2, 0) is 0 Å². The molecule has 0 bridgehead atoms. The molecule has 0 radical (unpaired) electrons. The molecule has 2 atom stereocenters. The topological polar surface area (TPSA) is 20.2 Å². The third kappa shape index (κ3) is 1.31. The van der Waals surface area contributed by atoms with Crippen LogP contribution in [0.4, 0.5) is 0 Å². The van der Waals surface area contributed by atoms with Gasteiger partial charge in [-0.05, 0) is 50.5 Å². The zero-order chi connectivity index (χ0) is 8.55. The van der Waals surface area contributed by atoms with Crippen molar-refractivity contribution in [3.8, 4) is 0 Å². The third-order valence-electron chi connectivity index (χ3n) is 3.54. The first kappa shape index (κ1) is 8.31. The summed E-state index contributed by atoms with van der Waals surface area (Å²) in [6.07, 6.45) is 7.49. The predicted octanol–water partition coefficient (Wildman–Crippen LogP) is 2.65. The Kier molecular flexibility index (Phi) is 2.22. The van der Waals surface area contributed by atoms with Gasteiger partial charge >= 0.3 is 0 Å². The molecule has 1 nitrogen and oxygen atoms in total. The van der Waals surface area contributed by atoms with Gasteiger partial charge in [0.05, 0.1) is 6.10 Å². The highest BCUT2D eigenvalue weighted by Crippen LogP contribution is 2.39. The van der Waals surface area contributed by atoms with Gasteiger partial charge in [-0.25, -0.2) is 0 Å². The molecule has 2 rings (SSSR count). The molecule has 12 heavy (non-hydrogen) atoms. The van der Waals surface area contributed by atoms with Gasteiger partial charge in [0.1, 0.15) is 0 Å². The van der Waals surface area contributed by atoms with E-state index in [0.717, 1.165) is 12.3 Å². The molecule has 0 aromatic heterocycles. The largest absolute Gasteiger partial charge is 0.389 e. The summed E-state index contributed by atoms with van der Waals surface area (Å²) >= 11 is 0. The molecule has 0 aromatic rings. The Labute approximate surface area is 74.5 Å². The molecule has 0 saturated heterocycles. The normalized spacial score (nSPS) is 36.5. The summed E-state index contributed by atoms with van der Waals surface area (Å²) in [6, 6.07) is 0. The lowest BCUT2D eigenvalue weighted by Crippen LogP contribution is -2.24. The van der Waals surface area contributed by atoms with E-state index in [-0.39, 0.29) is 6.10 Å². The average molecular weight is 166 g/mol. The quantitative estimate of drug-likeness (QED) is 0.548. The summed E-state index contributed by atoms with van der Waals surface area (Å²) in [5, 5.41) is 9.66. The van der Waals surface area contributed by atoms with Crippen molar-refractivity contribution in [2.45, 2.75) is 51.6 Å². The number of hydrogen-bond donors (Lipinski definition) is 1. The van der Waals surface area contributed by atoms with E-state index in [9.17, 15) is 5.11 Å². The van der Waals surface area contributed by atoms with E-state index in [1.165, 1.54) is 37.7 Å². The molecule has 1 heteroatoms. The Morgan fingerprint density at radius 3 is 2.83 bits per heavy atom. The number of aliphatic hydroxyl groups excluding tert-OH is 1. The Morgan fingerprint density at radius 1 is 1.17 bits per heavy atom. The van der Waals surface area contributed by atoms with Crippen molar-refractivity contribution in [3.05, 3.63) is 11.1 Å². The molecule has 2 aliphatic carbocycles. The van der Waals surface area contributed by atoms with Gasteiger partial charge in [0.15, 0.2) is 0 Å². The van der Waals surface area contributed by atoms with Gasteiger partial charge < -0.3 is 5.11 Å². The number of hydrogen-bond acceptors (Lipinski definition) is 1. The van der Waals surface area contributed by atoms with E-state index in [1.807, 2.05) is 0 Å². The maximum absolute atomic E-state index is 9.66. The van der Waals surface area contributed by atoms with Crippen molar-refractivity contribution in [1.82, 2.24) is 0 Å². The highest BCUT2D eigenvalue weighted by atomic mass is 16.3. The van der Waals surface area contributed by atoms with Crippen LogP contribution in [0.1, 0.15) is 45.4 Å². The minimum atomic E-state index is -0.116. The first-order chi connectivity index (χ1) is 5.79. The molecule has 1 saturated carbocycles. The lowest BCUT2D eigenvalue weighted by Gasteiger charge is -2.33. The highest BCUT2D eigenvalue weighted by Gasteiger charge is 2.27. The van der Waals surface area contributed by atoms with Gasteiger partial charge in [0, 0.05) is 0 Å². The molecule has 0 aliphatic heterocycles. The van der Waals surface area contributed by atoms with Gasteiger partial charge in [-0.15, -0.1) is 0 Å². The van der Waals surface area contributed by atoms with Crippen molar-refractivity contribution in [2.75, 3.05) is 0 Å². The zero-order valence-corrected chi connectivity index (χ0v) is 7.84. The highest BCUT2D eigenvalue weighted by molar-refractivity contribution is 5.23. The monoisotopic (exact) mass is 166 g/mol. The molecular weight excluding hydrogens is 148 g/mol. The second-order valence-electron chi connectivity index (χ2n) is 4.24. The van der Waals surface area contributed by atoms with Crippen LogP contribution in [0.2, 0.25) is 0 Å². The molecule has 2 unspecified atom stereocenters. The Bertz CT molecular complexity index is 205.